The van der Waals surface area contributed by atoms with Gasteiger partial charge in [-0.25, -0.2) is 9.97 Å². The van der Waals surface area contributed by atoms with E-state index in [1.54, 1.807) is 13.1 Å². The summed E-state index contributed by atoms with van der Waals surface area (Å²) in [5.74, 6) is 1.43. The third-order valence-electron chi connectivity index (χ3n) is 2.70. The fourth-order valence-electron chi connectivity index (χ4n) is 1.45. The van der Waals surface area contributed by atoms with Crippen molar-refractivity contribution in [3.63, 3.8) is 0 Å². The van der Waals surface area contributed by atoms with Crippen LogP contribution in [0.15, 0.2) is 6.07 Å². The van der Waals surface area contributed by atoms with E-state index in [1.165, 1.54) is 0 Å². The highest BCUT2D eigenvalue weighted by atomic mass is 35.5. The van der Waals surface area contributed by atoms with E-state index in [2.05, 4.69) is 15.3 Å². The molecule has 106 valence electrons. The zero-order valence-electron chi connectivity index (χ0n) is 12.1. The second-order valence-electron chi connectivity index (χ2n) is 5.47. The highest BCUT2D eigenvalue weighted by Crippen LogP contribution is 2.23. The van der Waals surface area contributed by atoms with Gasteiger partial charge in [0.2, 0.25) is 5.91 Å². The molecule has 0 unspecified atom stereocenters. The van der Waals surface area contributed by atoms with E-state index in [0.29, 0.717) is 23.9 Å². The second-order valence-corrected chi connectivity index (χ2v) is 5.85. The molecule has 1 N–H and O–H groups in total. The molecule has 0 fully saturated rings. The molecule has 0 saturated heterocycles. The van der Waals surface area contributed by atoms with Crippen molar-refractivity contribution in [3.8, 4) is 0 Å². The van der Waals surface area contributed by atoms with Crippen LogP contribution in [0, 0.1) is 0 Å². The molecule has 0 bridgehead atoms. The molecule has 6 heteroatoms. The predicted molar refractivity (Wildman–Crippen MR) is 77.7 cm³/mol. The third kappa shape index (κ3) is 4.67. The second kappa shape index (κ2) is 6.19. The molecule has 0 aliphatic rings. The van der Waals surface area contributed by atoms with E-state index in [1.807, 2.05) is 32.7 Å². The van der Waals surface area contributed by atoms with Crippen molar-refractivity contribution >= 4 is 23.3 Å². The molecule has 0 atom stereocenters. The minimum Gasteiger partial charge on any atom is -0.359 e. The molecule has 0 spiro atoms. The smallest absolute Gasteiger partial charge is 0.221 e. The summed E-state index contributed by atoms with van der Waals surface area (Å²) in [4.78, 5) is 21.9. The van der Waals surface area contributed by atoms with Gasteiger partial charge < -0.3 is 10.2 Å². The van der Waals surface area contributed by atoms with Crippen molar-refractivity contribution in [2.24, 2.45) is 0 Å². The number of aromatic nitrogens is 2. The van der Waals surface area contributed by atoms with E-state index < -0.39 is 0 Å². The lowest BCUT2D eigenvalue weighted by atomic mass is 9.96. The van der Waals surface area contributed by atoms with Crippen molar-refractivity contribution < 1.29 is 4.79 Å². The van der Waals surface area contributed by atoms with Gasteiger partial charge in [-0.15, -0.1) is 0 Å². The highest BCUT2D eigenvalue weighted by molar-refractivity contribution is 6.29. The van der Waals surface area contributed by atoms with Gasteiger partial charge in [0.05, 0.1) is 0 Å². The summed E-state index contributed by atoms with van der Waals surface area (Å²) in [6, 6.07) is 1.71. The number of nitrogens with one attached hydrogen (secondary N) is 1. The van der Waals surface area contributed by atoms with Crippen LogP contribution in [0.5, 0.6) is 0 Å². The summed E-state index contributed by atoms with van der Waals surface area (Å²) in [6.07, 6.45) is 0.416. The SMILES string of the molecule is CNC(=O)CCN(C)c1cc(Cl)nc(C(C)(C)C)n1. The van der Waals surface area contributed by atoms with E-state index in [9.17, 15) is 4.79 Å². The van der Waals surface area contributed by atoms with E-state index >= 15 is 0 Å². The monoisotopic (exact) mass is 284 g/mol. The summed E-state index contributed by atoms with van der Waals surface area (Å²) in [5.41, 5.74) is -0.165. The van der Waals surface area contributed by atoms with Crippen LogP contribution in [-0.4, -0.2) is 36.5 Å². The molecule has 1 heterocycles. The Morgan fingerprint density at radius 1 is 1.42 bits per heavy atom. The Morgan fingerprint density at radius 3 is 2.58 bits per heavy atom. The molecule has 1 amide bonds. The van der Waals surface area contributed by atoms with Crippen LogP contribution in [0.1, 0.15) is 33.0 Å². The first-order chi connectivity index (χ1) is 8.74. The lowest BCUT2D eigenvalue weighted by Crippen LogP contribution is -2.28. The maximum atomic E-state index is 11.2. The maximum Gasteiger partial charge on any atom is 0.221 e. The van der Waals surface area contributed by atoms with Gasteiger partial charge in [-0.05, 0) is 0 Å². The van der Waals surface area contributed by atoms with Gasteiger partial charge in [0, 0.05) is 38.5 Å². The summed E-state index contributed by atoms with van der Waals surface area (Å²) in [5, 5.41) is 3.01. The number of hydrogen-bond acceptors (Lipinski definition) is 4. The van der Waals surface area contributed by atoms with Gasteiger partial charge in [-0.3, -0.25) is 4.79 Å². The number of carbonyl (C=O) groups is 1. The van der Waals surface area contributed by atoms with Crippen molar-refractivity contribution in [1.29, 1.82) is 0 Å². The van der Waals surface area contributed by atoms with Crippen molar-refractivity contribution in [2.75, 3.05) is 25.5 Å². The fraction of sp³-hybridized carbons (Fsp3) is 0.615. The van der Waals surface area contributed by atoms with Gasteiger partial charge in [0.15, 0.2) is 0 Å². The normalized spacial score (nSPS) is 11.3. The summed E-state index contributed by atoms with van der Waals surface area (Å²) < 4.78 is 0. The average molecular weight is 285 g/mol. The number of anilines is 1. The summed E-state index contributed by atoms with van der Waals surface area (Å²) in [7, 11) is 3.51. The number of halogens is 1. The number of nitrogens with zero attached hydrogens (tertiary/aromatic N) is 3. The Kier molecular flexibility index (Phi) is 5.11. The fourth-order valence-corrected chi connectivity index (χ4v) is 1.62. The van der Waals surface area contributed by atoms with Gasteiger partial charge in [-0.1, -0.05) is 32.4 Å². The molecule has 0 radical (unpaired) electrons. The van der Waals surface area contributed by atoms with Crippen molar-refractivity contribution in [3.05, 3.63) is 17.0 Å². The van der Waals surface area contributed by atoms with Crippen LogP contribution in [0.25, 0.3) is 0 Å². The van der Waals surface area contributed by atoms with Crippen LogP contribution in [0.4, 0.5) is 5.82 Å². The molecule has 0 aliphatic heterocycles. The third-order valence-corrected chi connectivity index (χ3v) is 2.89. The molecule has 5 nitrogen and oxygen atoms in total. The Morgan fingerprint density at radius 2 is 2.05 bits per heavy atom. The molecule has 1 aromatic heterocycles. The lowest BCUT2D eigenvalue weighted by molar-refractivity contribution is -0.120. The van der Waals surface area contributed by atoms with Crippen molar-refractivity contribution in [2.45, 2.75) is 32.6 Å². The first kappa shape index (κ1) is 15.7. The molecule has 0 saturated carbocycles. The summed E-state index contributed by atoms with van der Waals surface area (Å²) >= 11 is 6.03. The van der Waals surface area contributed by atoms with Crippen LogP contribution < -0.4 is 10.2 Å². The minimum atomic E-state index is -0.165. The quantitative estimate of drug-likeness (QED) is 0.859. The number of amides is 1. The van der Waals surface area contributed by atoms with Crippen LogP contribution >= 0.6 is 11.6 Å². The minimum absolute atomic E-state index is 0.00282. The molecular formula is C13H21ClN4O. The number of carbonyl (C=O) groups excluding carboxylic acids is 1. The molecule has 0 aromatic carbocycles. The maximum absolute atomic E-state index is 11.2. The molecule has 1 aromatic rings. The standard InChI is InChI=1S/C13H21ClN4O/c1-13(2,3)12-16-9(14)8-10(17-12)18(5)7-6-11(19)15-4/h8H,6-7H2,1-5H3,(H,15,19). The zero-order chi connectivity index (χ0) is 14.6. The zero-order valence-corrected chi connectivity index (χ0v) is 12.9. The van der Waals surface area contributed by atoms with Gasteiger partial charge in [0.1, 0.15) is 16.8 Å². The van der Waals surface area contributed by atoms with E-state index in [4.69, 9.17) is 11.6 Å². The molecule has 1 rings (SSSR count). The van der Waals surface area contributed by atoms with Gasteiger partial charge >= 0.3 is 0 Å². The van der Waals surface area contributed by atoms with Gasteiger partial charge in [0.25, 0.3) is 0 Å². The molecule has 19 heavy (non-hydrogen) atoms. The first-order valence-electron chi connectivity index (χ1n) is 6.21. The predicted octanol–water partition coefficient (Wildman–Crippen LogP) is 2.00. The topological polar surface area (TPSA) is 58.1 Å². The van der Waals surface area contributed by atoms with Crippen LogP contribution in [0.3, 0.4) is 0 Å². The Hall–Kier alpha value is -1.36. The highest BCUT2D eigenvalue weighted by Gasteiger charge is 2.19. The Labute approximate surface area is 119 Å². The summed E-state index contributed by atoms with van der Waals surface area (Å²) in [6.45, 7) is 6.68. The van der Waals surface area contributed by atoms with Crippen molar-refractivity contribution in [1.82, 2.24) is 15.3 Å². The van der Waals surface area contributed by atoms with Crippen LogP contribution in [-0.2, 0) is 10.2 Å². The number of hydrogen-bond donors (Lipinski definition) is 1. The largest absolute Gasteiger partial charge is 0.359 e. The van der Waals surface area contributed by atoms with E-state index in [0.717, 1.165) is 5.82 Å². The Bertz CT molecular complexity index is 456. The lowest BCUT2D eigenvalue weighted by Gasteiger charge is -2.22. The van der Waals surface area contributed by atoms with Gasteiger partial charge in [-0.2, -0.15) is 0 Å². The van der Waals surface area contributed by atoms with E-state index in [-0.39, 0.29) is 11.3 Å². The molecule has 0 aliphatic carbocycles. The van der Waals surface area contributed by atoms with Crippen LogP contribution in [0.2, 0.25) is 5.15 Å². The average Bonchev–Trinajstić information content (AvgIpc) is 2.33. The molecular weight excluding hydrogens is 264 g/mol. The number of rotatable bonds is 4. The first-order valence-corrected chi connectivity index (χ1v) is 6.58. The Balaban J connectivity index is 2.88.